The molecule has 0 bridgehead atoms. The van der Waals surface area contributed by atoms with Crippen LogP contribution >= 0.6 is 23.6 Å². The zero-order valence-corrected chi connectivity index (χ0v) is 7.67. The van der Waals surface area contributed by atoms with Crippen LogP contribution in [0.3, 0.4) is 0 Å². The molecule has 1 N–H and O–H groups in total. The van der Waals surface area contributed by atoms with Crippen LogP contribution < -0.4 is 4.90 Å². The lowest BCUT2D eigenvalue weighted by molar-refractivity contribution is 0.926. The first-order valence-corrected chi connectivity index (χ1v) is 4.89. The van der Waals surface area contributed by atoms with Crippen molar-refractivity contribution in [3.8, 4) is 0 Å². The van der Waals surface area contributed by atoms with Gasteiger partial charge in [0.15, 0.2) is 3.95 Å². The van der Waals surface area contributed by atoms with Crippen LogP contribution in [0.25, 0.3) is 0 Å². The van der Waals surface area contributed by atoms with Crippen molar-refractivity contribution >= 4 is 28.7 Å². The maximum Gasteiger partial charge on any atom is 0.206 e. The van der Waals surface area contributed by atoms with Crippen molar-refractivity contribution in [2.45, 2.75) is 12.8 Å². The molecule has 0 unspecified atom stereocenters. The zero-order chi connectivity index (χ0) is 7.68. The highest BCUT2D eigenvalue weighted by molar-refractivity contribution is 7.73. The minimum atomic E-state index is 0.770. The van der Waals surface area contributed by atoms with Gasteiger partial charge in [0.05, 0.1) is 0 Å². The number of nitrogens with zero attached hydrogens (tertiary/aromatic N) is 2. The zero-order valence-electron chi connectivity index (χ0n) is 6.04. The fourth-order valence-corrected chi connectivity index (χ4v) is 2.20. The van der Waals surface area contributed by atoms with E-state index in [1.54, 1.807) is 11.3 Å². The summed E-state index contributed by atoms with van der Waals surface area (Å²) in [6, 6.07) is 0. The fraction of sp³-hybridized carbons (Fsp3) is 0.667. The number of hydrogen-bond acceptors (Lipinski definition) is 4. The van der Waals surface area contributed by atoms with Crippen LogP contribution in [0.5, 0.6) is 0 Å². The third-order valence-electron chi connectivity index (χ3n) is 1.80. The van der Waals surface area contributed by atoms with E-state index < -0.39 is 0 Å². The van der Waals surface area contributed by atoms with Crippen molar-refractivity contribution in [1.29, 1.82) is 0 Å². The van der Waals surface area contributed by atoms with E-state index in [2.05, 4.69) is 15.1 Å². The summed E-state index contributed by atoms with van der Waals surface area (Å²) in [6.45, 7) is 2.27. The molecule has 1 fully saturated rings. The third kappa shape index (κ3) is 1.44. The van der Waals surface area contributed by atoms with Crippen molar-refractivity contribution in [2.24, 2.45) is 0 Å². The summed E-state index contributed by atoms with van der Waals surface area (Å²) in [7, 11) is 0. The maximum atomic E-state index is 4.94. The topological polar surface area (TPSA) is 31.9 Å². The van der Waals surface area contributed by atoms with Gasteiger partial charge in [0.1, 0.15) is 0 Å². The van der Waals surface area contributed by atoms with Gasteiger partial charge in [0.2, 0.25) is 5.13 Å². The minimum Gasteiger partial charge on any atom is -0.347 e. The van der Waals surface area contributed by atoms with Crippen LogP contribution in [-0.4, -0.2) is 23.3 Å². The Kier molecular flexibility index (Phi) is 1.91. The number of H-pyrrole nitrogens is 1. The number of hydrogen-bond donors (Lipinski definition) is 1. The van der Waals surface area contributed by atoms with Crippen LogP contribution in [0, 0.1) is 3.95 Å². The van der Waals surface area contributed by atoms with Gasteiger partial charge < -0.3 is 4.90 Å². The first kappa shape index (κ1) is 7.24. The van der Waals surface area contributed by atoms with Crippen LogP contribution in [0.4, 0.5) is 5.13 Å². The van der Waals surface area contributed by atoms with Gasteiger partial charge in [-0.15, -0.1) is 5.10 Å². The molecule has 0 atom stereocenters. The van der Waals surface area contributed by atoms with E-state index in [-0.39, 0.29) is 0 Å². The highest BCUT2D eigenvalue weighted by Gasteiger charge is 2.14. The summed E-state index contributed by atoms with van der Waals surface area (Å²) in [6.07, 6.45) is 2.57. The van der Waals surface area contributed by atoms with Gasteiger partial charge in [0, 0.05) is 13.1 Å². The highest BCUT2D eigenvalue weighted by Crippen LogP contribution is 2.21. The van der Waals surface area contributed by atoms with Gasteiger partial charge in [-0.25, -0.2) is 0 Å². The van der Waals surface area contributed by atoms with E-state index in [1.165, 1.54) is 12.8 Å². The average molecular weight is 187 g/mol. The molecule has 1 aromatic heterocycles. The monoisotopic (exact) mass is 187 g/mol. The number of aromatic amines is 1. The number of rotatable bonds is 1. The SMILES string of the molecule is S=c1[nH]nc(N2CCCC2)s1. The molecule has 0 saturated carbocycles. The Balaban J connectivity index is 2.21. The lowest BCUT2D eigenvalue weighted by atomic mass is 10.4. The second-order valence-corrected chi connectivity index (χ2v) is 4.23. The molecule has 1 aliphatic heterocycles. The molecular weight excluding hydrogens is 178 g/mol. The quantitative estimate of drug-likeness (QED) is 0.680. The predicted octanol–water partition coefficient (Wildman–Crippen LogP) is 1.80. The summed E-state index contributed by atoms with van der Waals surface area (Å²) in [5.74, 6) is 0. The molecule has 1 aromatic rings. The normalized spacial score (nSPS) is 17.6. The molecule has 0 aromatic carbocycles. The largest absolute Gasteiger partial charge is 0.347 e. The van der Waals surface area contributed by atoms with Crippen molar-refractivity contribution < 1.29 is 0 Å². The summed E-state index contributed by atoms with van der Waals surface area (Å²) >= 11 is 6.50. The van der Waals surface area contributed by atoms with Gasteiger partial charge in [-0.3, -0.25) is 5.10 Å². The van der Waals surface area contributed by atoms with Gasteiger partial charge in [0.25, 0.3) is 0 Å². The highest BCUT2D eigenvalue weighted by atomic mass is 32.1. The standard InChI is InChI=1S/C6H9N3S2/c10-6-8-7-5(11-6)9-3-1-2-4-9/h1-4H2,(H,8,10). The molecule has 11 heavy (non-hydrogen) atoms. The molecule has 5 heteroatoms. The van der Waals surface area contributed by atoms with E-state index in [0.29, 0.717) is 0 Å². The van der Waals surface area contributed by atoms with E-state index >= 15 is 0 Å². The Hall–Kier alpha value is -0.420. The molecule has 1 saturated heterocycles. The Morgan fingerprint density at radius 3 is 2.73 bits per heavy atom. The van der Waals surface area contributed by atoms with E-state index in [0.717, 1.165) is 22.2 Å². The first-order chi connectivity index (χ1) is 5.36. The number of anilines is 1. The van der Waals surface area contributed by atoms with Gasteiger partial charge in [-0.1, -0.05) is 11.3 Å². The second-order valence-electron chi connectivity index (χ2n) is 2.59. The molecule has 60 valence electrons. The summed E-state index contributed by atoms with van der Waals surface area (Å²) in [5, 5.41) is 7.95. The molecule has 0 amide bonds. The second kappa shape index (κ2) is 2.91. The van der Waals surface area contributed by atoms with Gasteiger partial charge in [-0.2, -0.15) is 0 Å². The van der Waals surface area contributed by atoms with Crippen LogP contribution in [0.2, 0.25) is 0 Å². The Morgan fingerprint density at radius 2 is 2.18 bits per heavy atom. The molecule has 1 aliphatic rings. The van der Waals surface area contributed by atoms with Crippen molar-refractivity contribution in [3.05, 3.63) is 3.95 Å². The Morgan fingerprint density at radius 1 is 1.45 bits per heavy atom. The predicted molar refractivity (Wildman–Crippen MR) is 48.7 cm³/mol. The number of aromatic nitrogens is 2. The molecular formula is C6H9N3S2. The molecule has 0 radical (unpaired) electrons. The molecule has 3 nitrogen and oxygen atoms in total. The van der Waals surface area contributed by atoms with Gasteiger partial charge >= 0.3 is 0 Å². The lowest BCUT2D eigenvalue weighted by Crippen LogP contribution is -2.17. The lowest BCUT2D eigenvalue weighted by Gasteiger charge is -2.10. The number of nitrogens with one attached hydrogen (secondary N) is 1. The summed E-state index contributed by atoms with van der Waals surface area (Å²) in [5.41, 5.74) is 0. The van der Waals surface area contributed by atoms with E-state index in [4.69, 9.17) is 12.2 Å². The Labute approximate surface area is 74.1 Å². The fourth-order valence-electron chi connectivity index (χ4n) is 1.27. The van der Waals surface area contributed by atoms with Crippen LogP contribution in [0.1, 0.15) is 12.8 Å². The van der Waals surface area contributed by atoms with Crippen molar-refractivity contribution in [2.75, 3.05) is 18.0 Å². The first-order valence-electron chi connectivity index (χ1n) is 3.67. The van der Waals surface area contributed by atoms with Crippen LogP contribution in [-0.2, 0) is 0 Å². The van der Waals surface area contributed by atoms with Crippen molar-refractivity contribution in [3.63, 3.8) is 0 Å². The molecule has 0 spiro atoms. The van der Waals surface area contributed by atoms with Crippen molar-refractivity contribution in [1.82, 2.24) is 10.2 Å². The van der Waals surface area contributed by atoms with Gasteiger partial charge in [-0.05, 0) is 25.1 Å². The Bertz CT molecular complexity index is 284. The molecule has 2 rings (SSSR count). The minimum absolute atomic E-state index is 0.770. The summed E-state index contributed by atoms with van der Waals surface area (Å²) in [4.78, 5) is 2.27. The third-order valence-corrected chi connectivity index (χ3v) is 2.95. The van der Waals surface area contributed by atoms with Crippen LogP contribution in [0.15, 0.2) is 0 Å². The maximum absolute atomic E-state index is 4.94. The smallest absolute Gasteiger partial charge is 0.206 e. The molecule has 0 aliphatic carbocycles. The molecule has 2 heterocycles. The van der Waals surface area contributed by atoms with E-state index in [9.17, 15) is 0 Å². The average Bonchev–Trinajstić information content (AvgIpc) is 2.55. The van der Waals surface area contributed by atoms with E-state index in [1.807, 2.05) is 0 Å². The summed E-state index contributed by atoms with van der Waals surface area (Å²) < 4.78 is 0.770.